The molecule has 42 heavy (non-hydrogen) atoms. The Kier molecular flexibility index (Phi) is 6.88. The van der Waals surface area contributed by atoms with Gasteiger partial charge in [0.25, 0.3) is 11.5 Å². The van der Waals surface area contributed by atoms with Crippen molar-refractivity contribution < 1.29 is 18.7 Å². The van der Waals surface area contributed by atoms with Crippen molar-refractivity contribution in [2.75, 3.05) is 32.8 Å². The standard InChI is InChI=1S/C33H39N3O6/c1-33(2)11-10-24-26(42-33)15-27(30-22-6-3-4-7-23(22)32(39)41-31(24)30)40-19-28(37)34-12-13-35-16-20-14-21(18-35)25-8-5-9-29(38)36(25)17-20/h5,8-9,15,20-21H,3-4,6-7,10-14,16-19H2,1-2H3,(H,34,37). The summed E-state index contributed by atoms with van der Waals surface area (Å²) in [6.07, 6.45) is 6.15. The Balaban J connectivity index is 1.04. The first-order valence-electron chi connectivity index (χ1n) is 15.4. The van der Waals surface area contributed by atoms with E-state index in [9.17, 15) is 14.4 Å². The highest BCUT2D eigenvalue weighted by Gasteiger charge is 2.35. The highest BCUT2D eigenvalue weighted by Crippen LogP contribution is 2.44. The van der Waals surface area contributed by atoms with E-state index in [-0.39, 0.29) is 29.3 Å². The van der Waals surface area contributed by atoms with Gasteiger partial charge in [-0.2, -0.15) is 0 Å². The van der Waals surface area contributed by atoms with Crippen LogP contribution in [0.25, 0.3) is 11.0 Å². The fraction of sp³-hybridized carbons (Fsp3) is 0.545. The normalized spacial score (nSPS) is 22.4. The van der Waals surface area contributed by atoms with Gasteiger partial charge in [-0.1, -0.05) is 6.07 Å². The van der Waals surface area contributed by atoms with Crippen LogP contribution in [0.15, 0.2) is 38.3 Å². The lowest BCUT2D eigenvalue weighted by Gasteiger charge is -2.42. The average Bonchev–Trinajstić information content (AvgIpc) is 2.96. The zero-order valence-electron chi connectivity index (χ0n) is 24.5. The Hall–Kier alpha value is -3.59. The third-order valence-corrected chi connectivity index (χ3v) is 9.55. The Labute approximate surface area is 244 Å². The summed E-state index contributed by atoms with van der Waals surface area (Å²) in [5.74, 6) is 1.80. The molecule has 1 N–H and O–H groups in total. The number of fused-ring (bicyclic) bond motifs is 9. The Morgan fingerprint density at radius 1 is 1.07 bits per heavy atom. The van der Waals surface area contributed by atoms with Gasteiger partial charge >= 0.3 is 5.63 Å². The quantitative estimate of drug-likeness (QED) is 0.450. The molecule has 1 aromatic carbocycles. The van der Waals surface area contributed by atoms with E-state index in [1.165, 1.54) is 0 Å². The third-order valence-electron chi connectivity index (χ3n) is 9.55. The molecule has 2 atom stereocenters. The summed E-state index contributed by atoms with van der Waals surface area (Å²) in [5.41, 5.74) is 3.80. The van der Waals surface area contributed by atoms with Gasteiger partial charge in [-0.3, -0.25) is 9.59 Å². The van der Waals surface area contributed by atoms with E-state index in [0.29, 0.717) is 41.9 Å². The van der Waals surface area contributed by atoms with Gasteiger partial charge in [0.2, 0.25) is 0 Å². The predicted octanol–water partition coefficient (Wildman–Crippen LogP) is 3.55. The minimum absolute atomic E-state index is 0.0903. The number of carbonyl (C=O) groups excluding carboxylic acids is 1. The summed E-state index contributed by atoms with van der Waals surface area (Å²) in [6, 6.07) is 7.46. The van der Waals surface area contributed by atoms with Crippen LogP contribution in [0.4, 0.5) is 0 Å². The van der Waals surface area contributed by atoms with Gasteiger partial charge in [0.1, 0.15) is 22.7 Å². The molecule has 7 rings (SSSR count). The number of nitrogens with zero attached hydrogens (tertiary/aromatic N) is 2. The van der Waals surface area contributed by atoms with Gasteiger partial charge in [-0.15, -0.1) is 0 Å². The molecule has 0 saturated carbocycles. The van der Waals surface area contributed by atoms with Crippen LogP contribution < -0.4 is 26.0 Å². The van der Waals surface area contributed by atoms with Crippen LogP contribution in [-0.2, 0) is 30.6 Å². The van der Waals surface area contributed by atoms with Crippen LogP contribution in [0.3, 0.4) is 0 Å². The highest BCUT2D eigenvalue weighted by atomic mass is 16.5. The molecule has 1 saturated heterocycles. The second kappa shape index (κ2) is 10.6. The number of amides is 1. The summed E-state index contributed by atoms with van der Waals surface area (Å²) in [4.78, 5) is 40.6. The molecular formula is C33H39N3O6. The van der Waals surface area contributed by atoms with Gasteiger partial charge in [0.15, 0.2) is 6.61 Å². The fourth-order valence-electron chi connectivity index (χ4n) is 7.55. The van der Waals surface area contributed by atoms with E-state index in [1.54, 1.807) is 6.07 Å². The largest absolute Gasteiger partial charge is 0.487 e. The molecule has 3 aromatic rings. The first kappa shape index (κ1) is 27.3. The number of hydrogen-bond donors (Lipinski definition) is 1. The van der Waals surface area contributed by atoms with Crippen LogP contribution in [0.5, 0.6) is 11.5 Å². The van der Waals surface area contributed by atoms with Crippen molar-refractivity contribution in [1.82, 2.24) is 14.8 Å². The van der Waals surface area contributed by atoms with Gasteiger partial charge in [0.05, 0.1) is 5.39 Å². The molecule has 4 aliphatic rings. The van der Waals surface area contributed by atoms with E-state index < -0.39 is 0 Å². The summed E-state index contributed by atoms with van der Waals surface area (Å²) < 4.78 is 20.3. The van der Waals surface area contributed by atoms with Crippen LogP contribution in [0, 0.1) is 5.92 Å². The van der Waals surface area contributed by atoms with E-state index in [4.69, 9.17) is 13.9 Å². The molecule has 1 fully saturated rings. The van der Waals surface area contributed by atoms with Gasteiger partial charge in [-0.25, -0.2) is 4.79 Å². The first-order chi connectivity index (χ1) is 20.3. The molecule has 0 spiro atoms. The number of hydrogen-bond acceptors (Lipinski definition) is 7. The minimum Gasteiger partial charge on any atom is -0.487 e. The van der Waals surface area contributed by atoms with Gasteiger partial charge in [-0.05, 0) is 76.3 Å². The fourth-order valence-corrected chi connectivity index (χ4v) is 7.55. The Bertz CT molecular complexity index is 1670. The molecule has 5 heterocycles. The lowest BCUT2D eigenvalue weighted by atomic mass is 9.83. The van der Waals surface area contributed by atoms with Crippen molar-refractivity contribution in [2.45, 2.75) is 76.9 Å². The number of rotatable bonds is 6. The second-order valence-corrected chi connectivity index (χ2v) is 13.1. The maximum atomic E-state index is 12.9. The number of benzene rings is 1. The number of aryl methyl sites for hydroxylation is 2. The average molecular weight is 574 g/mol. The molecule has 2 unspecified atom stereocenters. The monoisotopic (exact) mass is 573 g/mol. The topological polar surface area (TPSA) is 103 Å². The predicted molar refractivity (Wildman–Crippen MR) is 159 cm³/mol. The summed E-state index contributed by atoms with van der Waals surface area (Å²) in [5, 5.41) is 3.84. The number of carbonyl (C=O) groups is 1. The molecule has 9 heteroatoms. The molecule has 222 valence electrons. The molecule has 1 aliphatic carbocycles. The lowest BCUT2D eigenvalue weighted by Crippen LogP contribution is -2.49. The smallest absolute Gasteiger partial charge is 0.339 e. The summed E-state index contributed by atoms with van der Waals surface area (Å²) in [6.45, 7) is 7.82. The zero-order chi connectivity index (χ0) is 29.0. The van der Waals surface area contributed by atoms with Crippen molar-refractivity contribution in [3.8, 4) is 11.5 Å². The number of aromatic nitrogens is 1. The van der Waals surface area contributed by atoms with E-state index in [1.807, 2.05) is 30.5 Å². The van der Waals surface area contributed by atoms with Crippen LogP contribution in [-0.4, -0.2) is 53.8 Å². The van der Waals surface area contributed by atoms with E-state index in [0.717, 1.165) is 92.5 Å². The molecule has 0 radical (unpaired) electrons. The second-order valence-electron chi connectivity index (χ2n) is 13.1. The van der Waals surface area contributed by atoms with Crippen LogP contribution in [0.1, 0.15) is 67.8 Å². The zero-order valence-corrected chi connectivity index (χ0v) is 24.5. The van der Waals surface area contributed by atoms with Crippen molar-refractivity contribution >= 4 is 16.9 Å². The van der Waals surface area contributed by atoms with Crippen molar-refractivity contribution in [3.63, 3.8) is 0 Å². The molecule has 3 aliphatic heterocycles. The van der Waals surface area contributed by atoms with Gasteiger partial charge in [0, 0.05) is 67.6 Å². The van der Waals surface area contributed by atoms with E-state index in [2.05, 4.69) is 16.3 Å². The number of nitrogens with one attached hydrogen (secondary N) is 1. The number of ether oxygens (including phenoxy) is 2. The SMILES string of the molecule is CC1(C)CCc2c(cc(OCC(=O)NCCN3CC4CC(C3)c3cccc(=O)n3C4)c3c4c(c(=O)oc23)CCCC4)O1. The first-order valence-corrected chi connectivity index (χ1v) is 15.4. The van der Waals surface area contributed by atoms with Crippen LogP contribution >= 0.6 is 0 Å². The Morgan fingerprint density at radius 2 is 1.90 bits per heavy atom. The van der Waals surface area contributed by atoms with Gasteiger partial charge < -0.3 is 28.7 Å². The number of likely N-dealkylation sites (tertiary alicyclic amines) is 1. The van der Waals surface area contributed by atoms with Crippen molar-refractivity contribution in [1.29, 1.82) is 0 Å². The summed E-state index contributed by atoms with van der Waals surface area (Å²) >= 11 is 0. The molecule has 2 aromatic heterocycles. The lowest BCUT2D eigenvalue weighted by molar-refractivity contribution is -0.123. The highest BCUT2D eigenvalue weighted by molar-refractivity contribution is 5.92. The molecular weight excluding hydrogens is 534 g/mol. The Morgan fingerprint density at radius 3 is 2.76 bits per heavy atom. The van der Waals surface area contributed by atoms with E-state index >= 15 is 0 Å². The number of piperidine rings is 1. The summed E-state index contributed by atoms with van der Waals surface area (Å²) in [7, 11) is 0. The maximum absolute atomic E-state index is 12.9. The third kappa shape index (κ3) is 5.02. The number of pyridine rings is 1. The van der Waals surface area contributed by atoms with Crippen molar-refractivity contribution in [3.05, 3.63) is 67.4 Å². The maximum Gasteiger partial charge on any atom is 0.339 e. The molecule has 2 bridgehead atoms. The molecule has 9 nitrogen and oxygen atoms in total. The minimum atomic E-state index is -0.338. The van der Waals surface area contributed by atoms with Crippen LogP contribution in [0.2, 0.25) is 0 Å². The molecule has 1 amide bonds. The van der Waals surface area contributed by atoms with Crippen molar-refractivity contribution in [2.24, 2.45) is 5.92 Å².